The summed E-state index contributed by atoms with van der Waals surface area (Å²) in [4.78, 5) is 8.14. The maximum Gasteiger partial charge on any atom is 0.416 e. The van der Waals surface area contributed by atoms with Gasteiger partial charge >= 0.3 is 6.18 Å². The molecule has 0 fully saturated rings. The SMILES string of the molecule is CCc1nc(NN)cc(Oc2cccc(C(F)(F)F)c2)n1. The zero-order valence-electron chi connectivity index (χ0n) is 11.1. The number of nitrogens with one attached hydrogen (secondary N) is 1. The van der Waals surface area contributed by atoms with Gasteiger partial charge in [0.25, 0.3) is 0 Å². The van der Waals surface area contributed by atoms with E-state index in [0.29, 0.717) is 18.1 Å². The van der Waals surface area contributed by atoms with Gasteiger partial charge in [0.2, 0.25) is 5.88 Å². The van der Waals surface area contributed by atoms with Crippen LogP contribution in [-0.2, 0) is 12.6 Å². The van der Waals surface area contributed by atoms with Gasteiger partial charge in [-0.2, -0.15) is 18.2 Å². The Kier molecular flexibility index (Phi) is 4.27. The number of aromatic nitrogens is 2. The molecule has 0 aliphatic carbocycles. The van der Waals surface area contributed by atoms with E-state index in [2.05, 4.69) is 15.4 Å². The first-order chi connectivity index (χ1) is 9.92. The fourth-order valence-electron chi connectivity index (χ4n) is 1.61. The first-order valence-electron chi connectivity index (χ1n) is 6.12. The molecule has 0 unspecified atom stereocenters. The molecule has 5 nitrogen and oxygen atoms in total. The second-order valence-corrected chi connectivity index (χ2v) is 4.13. The Morgan fingerprint density at radius 3 is 2.62 bits per heavy atom. The van der Waals surface area contributed by atoms with Gasteiger partial charge in [-0.3, -0.25) is 0 Å². The second-order valence-electron chi connectivity index (χ2n) is 4.13. The van der Waals surface area contributed by atoms with Crippen LogP contribution in [0.3, 0.4) is 0 Å². The van der Waals surface area contributed by atoms with Crippen molar-refractivity contribution in [3.05, 3.63) is 41.7 Å². The molecule has 0 saturated heterocycles. The molecule has 8 heteroatoms. The van der Waals surface area contributed by atoms with Gasteiger partial charge in [0.1, 0.15) is 17.4 Å². The van der Waals surface area contributed by atoms with E-state index in [-0.39, 0.29) is 11.6 Å². The molecule has 2 aromatic rings. The van der Waals surface area contributed by atoms with Crippen LogP contribution in [0, 0.1) is 0 Å². The molecule has 0 atom stereocenters. The average molecular weight is 298 g/mol. The monoisotopic (exact) mass is 298 g/mol. The highest BCUT2D eigenvalue weighted by atomic mass is 19.4. The van der Waals surface area contributed by atoms with Crippen molar-refractivity contribution in [1.82, 2.24) is 9.97 Å². The highest BCUT2D eigenvalue weighted by Gasteiger charge is 2.30. The van der Waals surface area contributed by atoms with Gasteiger partial charge < -0.3 is 10.2 Å². The molecule has 1 heterocycles. The maximum absolute atomic E-state index is 12.6. The van der Waals surface area contributed by atoms with Crippen LogP contribution in [0.4, 0.5) is 19.0 Å². The van der Waals surface area contributed by atoms with Crippen LogP contribution in [0.15, 0.2) is 30.3 Å². The number of hydrazine groups is 1. The molecule has 112 valence electrons. The van der Waals surface area contributed by atoms with Gasteiger partial charge in [0.15, 0.2) is 0 Å². The number of hydrogen-bond acceptors (Lipinski definition) is 5. The number of hydrogen-bond donors (Lipinski definition) is 2. The molecule has 0 aliphatic rings. The lowest BCUT2D eigenvalue weighted by atomic mass is 10.2. The first kappa shape index (κ1) is 15.0. The zero-order chi connectivity index (χ0) is 15.5. The topological polar surface area (TPSA) is 73.1 Å². The lowest BCUT2D eigenvalue weighted by Gasteiger charge is -2.10. The quantitative estimate of drug-likeness (QED) is 0.670. The van der Waals surface area contributed by atoms with Crippen molar-refractivity contribution in [1.29, 1.82) is 0 Å². The normalized spacial score (nSPS) is 11.3. The molecular weight excluding hydrogens is 285 g/mol. The van der Waals surface area contributed by atoms with Crippen molar-refractivity contribution in [2.75, 3.05) is 5.43 Å². The van der Waals surface area contributed by atoms with Gasteiger partial charge in [-0.15, -0.1) is 0 Å². The summed E-state index contributed by atoms with van der Waals surface area (Å²) < 4.78 is 43.3. The maximum atomic E-state index is 12.6. The summed E-state index contributed by atoms with van der Waals surface area (Å²) in [6, 6.07) is 5.96. The number of anilines is 1. The Bertz CT molecular complexity index is 609. The van der Waals surface area contributed by atoms with Gasteiger partial charge in [0.05, 0.1) is 5.56 Å². The standard InChI is InChI=1S/C13H13F3N4O/c1-2-10-18-11(20-17)7-12(19-10)21-9-5-3-4-8(6-9)13(14,15)16/h3-7H,2,17H2,1H3,(H,18,19,20). The number of benzene rings is 1. The molecule has 21 heavy (non-hydrogen) atoms. The molecule has 0 amide bonds. The van der Waals surface area contributed by atoms with Crippen molar-refractivity contribution in [3.63, 3.8) is 0 Å². The summed E-state index contributed by atoms with van der Waals surface area (Å²) in [7, 11) is 0. The number of nitrogens with two attached hydrogens (primary N) is 1. The third-order valence-corrected chi connectivity index (χ3v) is 2.60. The molecule has 0 spiro atoms. The van der Waals surface area contributed by atoms with Crippen molar-refractivity contribution in [2.45, 2.75) is 19.5 Å². The molecule has 3 N–H and O–H groups in total. The van der Waals surface area contributed by atoms with E-state index < -0.39 is 11.7 Å². The predicted octanol–water partition coefficient (Wildman–Crippen LogP) is 3.14. The van der Waals surface area contributed by atoms with Crippen molar-refractivity contribution in [2.24, 2.45) is 5.84 Å². The van der Waals surface area contributed by atoms with Crippen LogP contribution < -0.4 is 16.0 Å². The van der Waals surface area contributed by atoms with E-state index in [0.717, 1.165) is 12.1 Å². The summed E-state index contributed by atoms with van der Waals surface area (Å²) in [5, 5.41) is 0. The minimum atomic E-state index is -4.43. The van der Waals surface area contributed by atoms with E-state index in [1.807, 2.05) is 6.92 Å². The molecule has 1 aromatic heterocycles. The summed E-state index contributed by atoms with van der Waals surface area (Å²) in [5.41, 5.74) is 1.56. The Morgan fingerprint density at radius 2 is 2.00 bits per heavy atom. The van der Waals surface area contributed by atoms with Crippen LogP contribution in [-0.4, -0.2) is 9.97 Å². The van der Waals surface area contributed by atoms with Gasteiger partial charge in [-0.05, 0) is 18.2 Å². The first-order valence-corrected chi connectivity index (χ1v) is 6.12. The van der Waals surface area contributed by atoms with Crippen molar-refractivity contribution in [3.8, 4) is 11.6 Å². The van der Waals surface area contributed by atoms with Crippen LogP contribution in [0.1, 0.15) is 18.3 Å². The number of ether oxygens (including phenoxy) is 1. The highest BCUT2D eigenvalue weighted by Crippen LogP contribution is 2.32. The number of alkyl halides is 3. The highest BCUT2D eigenvalue weighted by molar-refractivity contribution is 5.39. The number of rotatable bonds is 4. The Balaban J connectivity index is 2.30. The van der Waals surface area contributed by atoms with Crippen molar-refractivity contribution >= 4 is 5.82 Å². The Labute approximate surface area is 118 Å². The van der Waals surface area contributed by atoms with E-state index in [1.165, 1.54) is 18.2 Å². The summed E-state index contributed by atoms with van der Waals surface area (Å²) >= 11 is 0. The van der Waals surface area contributed by atoms with E-state index >= 15 is 0 Å². The smallest absolute Gasteiger partial charge is 0.416 e. The second kappa shape index (κ2) is 5.96. The van der Waals surface area contributed by atoms with Crippen LogP contribution in [0.2, 0.25) is 0 Å². The lowest BCUT2D eigenvalue weighted by molar-refractivity contribution is -0.137. The average Bonchev–Trinajstić information content (AvgIpc) is 2.46. The summed E-state index contributed by atoms with van der Waals surface area (Å²) in [6.07, 6.45) is -3.89. The predicted molar refractivity (Wildman–Crippen MR) is 70.7 cm³/mol. The fraction of sp³-hybridized carbons (Fsp3) is 0.231. The number of nitrogen functional groups attached to an aromatic ring is 1. The zero-order valence-corrected chi connectivity index (χ0v) is 11.1. The summed E-state index contributed by atoms with van der Waals surface area (Å²) in [5.74, 6) is 6.22. The molecule has 2 rings (SSSR count). The molecule has 0 bridgehead atoms. The minimum Gasteiger partial charge on any atom is -0.439 e. The van der Waals surface area contributed by atoms with Crippen molar-refractivity contribution < 1.29 is 17.9 Å². The fourth-order valence-corrected chi connectivity index (χ4v) is 1.61. The van der Waals surface area contributed by atoms with Gasteiger partial charge in [-0.25, -0.2) is 10.8 Å². The number of aryl methyl sites for hydroxylation is 1. The molecule has 0 saturated carbocycles. The Hall–Kier alpha value is -2.35. The summed E-state index contributed by atoms with van der Waals surface area (Å²) in [6.45, 7) is 1.84. The molecule has 1 aromatic carbocycles. The van der Waals surface area contributed by atoms with Crippen LogP contribution >= 0.6 is 0 Å². The minimum absolute atomic E-state index is 0.0357. The van der Waals surface area contributed by atoms with Gasteiger partial charge in [-0.1, -0.05) is 13.0 Å². The number of nitrogens with zero attached hydrogens (tertiary/aromatic N) is 2. The molecule has 0 radical (unpaired) electrons. The third-order valence-electron chi connectivity index (χ3n) is 2.60. The molecule has 0 aliphatic heterocycles. The van der Waals surface area contributed by atoms with Crippen LogP contribution in [0.25, 0.3) is 0 Å². The largest absolute Gasteiger partial charge is 0.439 e. The van der Waals surface area contributed by atoms with Gasteiger partial charge in [0, 0.05) is 12.5 Å². The van der Waals surface area contributed by atoms with E-state index in [4.69, 9.17) is 10.6 Å². The van der Waals surface area contributed by atoms with Crippen LogP contribution in [0.5, 0.6) is 11.6 Å². The third kappa shape index (κ3) is 3.82. The lowest BCUT2D eigenvalue weighted by Crippen LogP contribution is -2.10. The van der Waals surface area contributed by atoms with E-state index in [1.54, 1.807) is 0 Å². The van der Waals surface area contributed by atoms with E-state index in [9.17, 15) is 13.2 Å². The number of halogens is 3. The Morgan fingerprint density at radius 1 is 1.24 bits per heavy atom. The molecular formula is C13H13F3N4O.